The highest BCUT2D eigenvalue weighted by Gasteiger charge is 2.17. The molecule has 3 aromatic heterocycles. The normalized spacial score (nSPS) is 11.6. The lowest BCUT2D eigenvalue weighted by atomic mass is 10.1. The van der Waals surface area contributed by atoms with Crippen LogP contribution in [0.1, 0.15) is 17.7 Å². The SMILES string of the molecule is Cc1cn2c(nc3c2c(=O)n(CCCc2ccccc2)c(=O)n3C)[nH]1. The zero-order chi connectivity index (χ0) is 17.6. The van der Waals surface area contributed by atoms with E-state index in [0.29, 0.717) is 23.5 Å². The molecule has 0 unspecified atom stereocenters. The van der Waals surface area contributed by atoms with Crippen LogP contribution < -0.4 is 11.2 Å². The van der Waals surface area contributed by atoms with Crippen LogP contribution in [0.5, 0.6) is 0 Å². The van der Waals surface area contributed by atoms with Crippen molar-refractivity contribution < 1.29 is 0 Å². The molecule has 0 spiro atoms. The molecule has 0 aliphatic rings. The van der Waals surface area contributed by atoms with Gasteiger partial charge in [-0.05, 0) is 25.3 Å². The zero-order valence-corrected chi connectivity index (χ0v) is 14.2. The summed E-state index contributed by atoms with van der Waals surface area (Å²) in [5.74, 6) is 0.571. The standard InChI is InChI=1S/C18H19N5O2/c1-12-11-23-14-15(20-17(23)19-12)21(2)18(25)22(16(14)24)10-6-9-13-7-4-3-5-8-13/h3-5,7-8,11H,6,9-10H2,1-2H3,(H,19,20). The lowest BCUT2D eigenvalue weighted by Gasteiger charge is -2.08. The first-order valence-electron chi connectivity index (χ1n) is 8.27. The van der Waals surface area contributed by atoms with Crippen LogP contribution in [0.3, 0.4) is 0 Å². The molecule has 0 fully saturated rings. The van der Waals surface area contributed by atoms with Gasteiger partial charge in [-0.2, -0.15) is 4.98 Å². The largest absolute Gasteiger partial charge is 0.332 e. The Hall–Kier alpha value is -3.09. The molecule has 0 amide bonds. The van der Waals surface area contributed by atoms with Crippen molar-refractivity contribution in [3.05, 3.63) is 68.6 Å². The fourth-order valence-electron chi connectivity index (χ4n) is 3.24. The third kappa shape index (κ3) is 2.48. The van der Waals surface area contributed by atoms with Gasteiger partial charge in [0.05, 0.1) is 0 Å². The minimum atomic E-state index is -0.331. The summed E-state index contributed by atoms with van der Waals surface area (Å²) in [5, 5.41) is 0. The molecule has 7 nitrogen and oxygen atoms in total. The molecule has 0 bridgehead atoms. The van der Waals surface area contributed by atoms with Gasteiger partial charge >= 0.3 is 5.69 Å². The van der Waals surface area contributed by atoms with Crippen LogP contribution in [0.15, 0.2) is 46.1 Å². The Balaban J connectivity index is 1.76. The van der Waals surface area contributed by atoms with Gasteiger partial charge in [0.25, 0.3) is 5.56 Å². The summed E-state index contributed by atoms with van der Waals surface area (Å²) in [4.78, 5) is 33.0. The molecule has 0 saturated heterocycles. The van der Waals surface area contributed by atoms with Crippen molar-refractivity contribution in [3.63, 3.8) is 0 Å². The molecule has 25 heavy (non-hydrogen) atoms. The molecular formula is C18H19N5O2. The number of nitrogens with zero attached hydrogens (tertiary/aromatic N) is 4. The van der Waals surface area contributed by atoms with Crippen molar-refractivity contribution in [1.82, 2.24) is 23.5 Å². The minimum Gasteiger partial charge on any atom is -0.328 e. The van der Waals surface area contributed by atoms with Crippen LogP contribution >= 0.6 is 0 Å². The molecule has 0 saturated carbocycles. The second-order valence-electron chi connectivity index (χ2n) is 6.30. The molecule has 1 aromatic carbocycles. The number of aromatic amines is 1. The summed E-state index contributed by atoms with van der Waals surface area (Å²) < 4.78 is 4.47. The van der Waals surface area contributed by atoms with Crippen LogP contribution in [0.4, 0.5) is 0 Å². The van der Waals surface area contributed by atoms with Crippen LogP contribution in [0.2, 0.25) is 0 Å². The fourth-order valence-corrected chi connectivity index (χ4v) is 3.24. The second kappa shape index (κ2) is 5.77. The molecule has 0 aliphatic carbocycles. The van der Waals surface area contributed by atoms with E-state index in [1.165, 1.54) is 14.7 Å². The number of fused-ring (bicyclic) bond motifs is 3. The van der Waals surface area contributed by atoms with Crippen molar-refractivity contribution in [2.75, 3.05) is 0 Å². The molecule has 1 N–H and O–H groups in total. The summed E-state index contributed by atoms with van der Waals surface area (Å²) >= 11 is 0. The fraction of sp³-hybridized carbons (Fsp3) is 0.278. The maximum atomic E-state index is 12.9. The summed E-state index contributed by atoms with van der Waals surface area (Å²) in [7, 11) is 1.65. The predicted molar refractivity (Wildman–Crippen MR) is 96.0 cm³/mol. The van der Waals surface area contributed by atoms with E-state index in [1.54, 1.807) is 11.4 Å². The molecule has 3 heterocycles. The average Bonchev–Trinajstić information content (AvgIpc) is 3.13. The van der Waals surface area contributed by atoms with E-state index in [0.717, 1.165) is 18.5 Å². The molecule has 0 aliphatic heterocycles. The van der Waals surface area contributed by atoms with Crippen LogP contribution in [-0.2, 0) is 20.0 Å². The van der Waals surface area contributed by atoms with Crippen molar-refractivity contribution >= 4 is 16.9 Å². The Kier molecular flexibility index (Phi) is 3.56. The monoisotopic (exact) mass is 337 g/mol. The van der Waals surface area contributed by atoms with Gasteiger partial charge in [-0.25, -0.2) is 4.79 Å². The van der Waals surface area contributed by atoms with Gasteiger partial charge in [0, 0.05) is 25.5 Å². The number of H-pyrrole nitrogens is 1. The zero-order valence-electron chi connectivity index (χ0n) is 14.2. The Morgan fingerprint density at radius 3 is 2.68 bits per heavy atom. The highest BCUT2D eigenvalue weighted by atomic mass is 16.2. The number of hydrogen-bond donors (Lipinski definition) is 1. The maximum Gasteiger partial charge on any atom is 0.332 e. The highest BCUT2D eigenvalue weighted by Crippen LogP contribution is 2.12. The summed E-state index contributed by atoms with van der Waals surface area (Å²) in [6, 6.07) is 10.1. The van der Waals surface area contributed by atoms with Crippen LogP contribution in [-0.4, -0.2) is 23.5 Å². The molecule has 4 rings (SSSR count). The highest BCUT2D eigenvalue weighted by molar-refractivity contribution is 5.75. The van der Waals surface area contributed by atoms with Crippen LogP contribution in [0, 0.1) is 6.92 Å². The van der Waals surface area contributed by atoms with E-state index in [2.05, 4.69) is 9.97 Å². The van der Waals surface area contributed by atoms with E-state index >= 15 is 0 Å². The van der Waals surface area contributed by atoms with Gasteiger partial charge < -0.3 is 4.98 Å². The first kappa shape index (κ1) is 15.4. The quantitative estimate of drug-likeness (QED) is 0.615. The minimum absolute atomic E-state index is 0.294. The molecule has 0 atom stereocenters. The number of benzene rings is 1. The number of imidazole rings is 2. The lowest BCUT2D eigenvalue weighted by molar-refractivity contribution is 0.572. The van der Waals surface area contributed by atoms with Gasteiger partial charge in [-0.3, -0.25) is 18.3 Å². The number of aromatic nitrogens is 5. The first-order chi connectivity index (χ1) is 12.1. The number of hydrogen-bond acceptors (Lipinski definition) is 3. The summed E-state index contributed by atoms with van der Waals surface area (Å²) in [6.45, 7) is 2.29. The molecule has 7 heteroatoms. The van der Waals surface area contributed by atoms with Gasteiger partial charge in [-0.1, -0.05) is 30.3 Å². The van der Waals surface area contributed by atoms with E-state index in [1.807, 2.05) is 43.5 Å². The van der Waals surface area contributed by atoms with E-state index in [-0.39, 0.29) is 11.2 Å². The number of rotatable bonds is 4. The number of nitrogens with one attached hydrogen (secondary N) is 1. The van der Waals surface area contributed by atoms with Crippen molar-refractivity contribution in [3.8, 4) is 0 Å². The molecule has 128 valence electrons. The van der Waals surface area contributed by atoms with E-state index < -0.39 is 0 Å². The third-order valence-electron chi connectivity index (χ3n) is 4.50. The Morgan fingerprint density at radius 1 is 1.16 bits per heavy atom. The first-order valence-corrected chi connectivity index (χ1v) is 8.27. The van der Waals surface area contributed by atoms with Crippen molar-refractivity contribution in [2.45, 2.75) is 26.3 Å². The molecule has 0 radical (unpaired) electrons. The smallest absolute Gasteiger partial charge is 0.328 e. The maximum absolute atomic E-state index is 12.9. The van der Waals surface area contributed by atoms with Crippen LogP contribution in [0.25, 0.3) is 16.9 Å². The van der Waals surface area contributed by atoms with E-state index in [4.69, 9.17) is 0 Å². The van der Waals surface area contributed by atoms with Gasteiger partial charge in [0.15, 0.2) is 11.2 Å². The molecular weight excluding hydrogens is 318 g/mol. The lowest BCUT2D eigenvalue weighted by Crippen LogP contribution is -2.39. The second-order valence-corrected chi connectivity index (χ2v) is 6.30. The Bertz CT molecular complexity index is 1180. The summed E-state index contributed by atoms with van der Waals surface area (Å²) in [6.07, 6.45) is 3.36. The Morgan fingerprint density at radius 2 is 1.92 bits per heavy atom. The topological polar surface area (TPSA) is 77.1 Å². The van der Waals surface area contributed by atoms with Gasteiger partial charge in [-0.15, -0.1) is 0 Å². The van der Waals surface area contributed by atoms with Gasteiger partial charge in [0.2, 0.25) is 5.78 Å². The molecule has 4 aromatic rings. The average molecular weight is 337 g/mol. The summed E-state index contributed by atoms with van der Waals surface area (Å²) in [5.41, 5.74) is 2.32. The van der Waals surface area contributed by atoms with Gasteiger partial charge in [0.1, 0.15) is 0 Å². The van der Waals surface area contributed by atoms with E-state index in [9.17, 15) is 9.59 Å². The number of aryl methyl sites for hydroxylation is 3. The predicted octanol–water partition coefficient (Wildman–Crippen LogP) is 1.62. The van der Waals surface area contributed by atoms with Crippen molar-refractivity contribution in [1.29, 1.82) is 0 Å². The van der Waals surface area contributed by atoms with Crippen molar-refractivity contribution in [2.24, 2.45) is 7.05 Å². The third-order valence-corrected chi connectivity index (χ3v) is 4.50. The Labute approximate surface area is 143 Å².